The average molecular weight is 501 g/mol. The van der Waals surface area contributed by atoms with E-state index in [9.17, 15) is 0 Å². The number of benzene rings is 2. The van der Waals surface area contributed by atoms with E-state index in [0.717, 1.165) is 60.6 Å². The van der Waals surface area contributed by atoms with Crippen molar-refractivity contribution in [3.05, 3.63) is 108 Å². The Kier molecular flexibility index (Phi) is 5.70. The molecule has 7 rings (SSSR count). The van der Waals surface area contributed by atoms with Crippen LogP contribution in [-0.4, -0.2) is 37.8 Å². The Labute approximate surface area is 223 Å². The highest BCUT2D eigenvalue weighted by Crippen LogP contribution is 2.36. The van der Waals surface area contributed by atoms with Crippen molar-refractivity contribution in [1.82, 2.24) is 25.2 Å². The van der Waals surface area contributed by atoms with Crippen molar-refractivity contribution in [2.75, 3.05) is 6.54 Å². The zero-order valence-electron chi connectivity index (χ0n) is 21.7. The third-order valence-corrected chi connectivity index (χ3v) is 8.12. The molecule has 0 amide bonds. The molecule has 4 aromatic rings. The fourth-order valence-electron chi connectivity index (χ4n) is 6.09. The molecule has 0 bridgehead atoms. The first kappa shape index (κ1) is 23.1. The van der Waals surface area contributed by atoms with E-state index in [1.165, 1.54) is 28.9 Å². The van der Waals surface area contributed by atoms with Crippen molar-refractivity contribution in [2.45, 2.75) is 50.7 Å². The van der Waals surface area contributed by atoms with Gasteiger partial charge < -0.3 is 10.3 Å². The minimum absolute atomic E-state index is 0.174. The van der Waals surface area contributed by atoms with Gasteiger partial charge in [0, 0.05) is 24.0 Å². The summed E-state index contributed by atoms with van der Waals surface area (Å²) in [6, 6.07) is 21.6. The maximum atomic E-state index is 5.16. The van der Waals surface area contributed by atoms with Crippen LogP contribution in [0.15, 0.2) is 95.8 Å². The van der Waals surface area contributed by atoms with Crippen LogP contribution in [0, 0.1) is 0 Å². The number of hydrogen-bond acceptors (Lipinski definition) is 5. The van der Waals surface area contributed by atoms with E-state index >= 15 is 0 Å². The molecule has 6 nitrogen and oxygen atoms in total. The van der Waals surface area contributed by atoms with Crippen LogP contribution in [0.3, 0.4) is 0 Å². The van der Waals surface area contributed by atoms with Crippen molar-refractivity contribution < 1.29 is 0 Å². The number of allylic oxidation sites excluding steroid dienone is 2. The first-order chi connectivity index (χ1) is 18.6. The molecular formula is C32H32N6. The number of rotatable bonds is 6. The summed E-state index contributed by atoms with van der Waals surface area (Å²) in [5, 5.41) is 3.64. The summed E-state index contributed by atoms with van der Waals surface area (Å²) in [5.41, 5.74) is 8.05. The van der Waals surface area contributed by atoms with Gasteiger partial charge in [-0.2, -0.15) is 0 Å². The molecule has 0 fully saturated rings. The van der Waals surface area contributed by atoms with Crippen molar-refractivity contribution in [3.63, 3.8) is 0 Å². The number of aliphatic imine (C=N–C) groups is 1. The van der Waals surface area contributed by atoms with Crippen LogP contribution >= 0.6 is 0 Å². The van der Waals surface area contributed by atoms with E-state index in [1.54, 1.807) is 0 Å². The van der Waals surface area contributed by atoms with E-state index in [4.69, 9.17) is 15.0 Å². The second-order valence-electron chi connectivity index (χ2n) is 10.8. The third-order valence-electron chi connectivity index (χ3n) is 8.12. The Balaban J connectivity index is 1.18. The molecule has 2 unspecified atom stereocenters. The van der Waals surface area contributed by atoms with Gasteiger partial charge in [-0.3, -0.25) is 14.9 Å². The van der Waals surface area contributed by atoms with E-state index in [-0.39, 0.29) is 11.6 Å². The quantitative estimate of drug-likeness (QED) is 0.335. The lowest BCUT2D eigenvalue weighted by Gasteiger charge is -2.35. The maximum Gasteiger partial charge on any atom is 0.138 e. The number of nitrogens with zero attached hydrogens (tertiary/aromatic N) is 4. The van der Waals surface area contributed by atoms with Crippen molar-refractivity contribution in [1.29, 1.82) is 0 Å². The highest BCUT2D eigenvalue weighted by Gasteiger charge is 2.36. The van der Waals surface area contributed by atoms with Gasteiger partial charge in [-0.15, -0.1) is 0 Å². The number of H-pyrrole nitrogens is 1. The first-order valence-corrected chi connectivity index (χ1v) is 13.6. The molecule has 3 heterocycles. The Hall–Kier alpha value is -4.03. The van der Waals surface area contributed by atoms with Gasteiger partial charge in [-0.25, -0.2) is 4.98 Å². The van der Waals surface area contributed by atoms with E-state index < -0.39 is 0 Å². The summed E-state index contributed by atoms with van der Waals surface area (Å²) in [5.74, 6) is 1.95. The lowest BCUT2D eigenvalue weighted by molar-refractivity contribution is 0.190. The Bertz CT molecular complexity index is 1540. The molecule has 190 valence electrons. The van der Waals surface area contributed by atoms with Crippen LogP contribution in [-0.2, 0) is 13.0 Å². The van der Waals surface area contributed by atoms with E-state index in [2.05, 4.69) is 82.8 Å². The van der Waals surface area contributed by atoms with Crippen LogP contribution in [0.25, 0.3) is 22.4 Å². The molecule has 2 aromatic carbocycles. The second kappa shape index (κ2) is 9.37. The average Bonchev–Trinajstić information content (AvgIpc) is 3.53. The SMILES string of the molecule is CC12CC=CC=C1NC(CN(Cc1ccc(-c3nc4ccccc4[nH]3)cc1)C1CCCc3cccnc31)=N2. The van der Waals surface area contributed by atoms with Gasteiger partial charge in [0.15, 0.2) is 0 Å². The molecule has 0 radical (unpaired) electrons. The molecule has 3 aliphatic rings. The standard InChI is InChI=1S/C32H32N6/c1-32-18-5-4-13-28(32)36-29(37-32)21-38(27-12-6-8-23-9-7-19-33-30(23)27)20-22-14-16-24(17-15-22)31-34-25-10-2-3-11-26(25)35-31/h2-5,7,9-11,13-17,19,27H,6,8,12,18,20-21H2,1H3,(H,34,35)(H,36,37). The Morgan fingerprint density at radius 1 is 1.03 bits per heavy atom. The van der Waals surface area contributed by atoms with Gasteiger partial charge >= 0.3 is 0 Å². The first-order valence-electron chi connectivity index (χ1n) is 13.6. The normalized spacial score (nSPS) is 22.1. The molecule has 0 saturated heterocycles. The van der Waals surface area contributed by atoms with Gasteiger partial charge in [-0.05, 0) is 68.0 Å². The van der Waals surface area contributed by atoms with Crippen LogP contribution in [0.5, 0.6) is 0 Å². The molecular weight excluding hydrogens is 468 g/mol. The fourth-order valence-corrected chi connectivity index (χ4v) is 6.09. The summed E-state index contributed by atoms with van der Waals surface area (Å²) < 4.78 is 0. The van der Waals surface area contributed by atoms with E-state index in [1.807, 2.05) is 24.4 Å². The monoisotopic (exact) mass is 500 g/mol. The molecule has 1 aliphatic heterocycles. The number of aromatic amines is 1. The molecule has 6 heteroatoms. The van der Waals surface area contributed by atoms with Crippen LogP contribution in [0.1, 0.15) is 49.0 Å². The number of aromatic nitrogens is 3. The summed E-state index contributed by atoms with van der Waals surface area (Å²) in [7, 11) is 0. The molecule has 0 spiro atoms. The van der Waals surface area contributed by atoms with Crippen molar-refractivity contribution in [2.24, 2.45) is 4.99 Å². The molecule has 2 N–H and O–H groups in total. The number of imidazole rings is 1. The predicted molar refractivity (Wildman–Crippen MR) is 153 cm³/mol. The molecule has 2 aromatic heterocycles. The number of nitrogens with one attached hydrogen (secondary N) is 2. The molecule has 0 saturated carbocycles. The highest BCUT2D eigenvalue weighted by atomic mass is 15.2. The van der Waals surface area contributed by atoms with Crippen molar-refractivity contribution >= 4 is 16.9 Å². The number of hydrogen-bond donors (Lipinski definition) is 2. The predicted octanol–water partition coefficient (Wildman–Crippen LogP) is 6.11. The smallest absolute Gasteiger partial charge is 0.138 e. The van der Waals surface area contributed by atoms with Crippen LogP contribution < -0.4 is 5.32 Å². The zero-order valence-corrected chi connectivity index (χ0v) is 21.7. The number of amidine groups is 1. The Morgan fingerprint density at radius 2 is 1.92 bits per heavy atom. The minimum Gasteiger partial charge on any atom is -0.344 e. The second-order valence-corrected chi connectivity index (χ2v) is 10.8. The van der Waals surface area contributed by atoms with Gasteiger partial charge in [0.2, 0.25) is 0 Å². The topological polar surface area (TPSA) is 69.2 Å². The summed E-state index contributed by atoms with van der Waals surface area (Å²) in [6.45, 7) is 3.82. The number of para-hydroxylation sites is 2. The summed E-state index contributed by atoms with van der Waals surface area (Å²) in [6.07, 6.45) is 12.8. The molecule has 2 aliphatic carbocycles. The lowest BCUT2D eigenvalue weighted by atomic mass is 9.90. The van der Waals surface area contributed by atoms with Gasteiger partial charge in [0.1, 0.15) is 17.2 Å². The van der Waals surface area contributed by atoms with E-state index in [0.29, 0.717) is 0 Å². The third kappa shape index (κ3) is 4.25. The maximum absolute atomic E-state index is 5.16. The molecule has 38 heavy (non-hydrogen) atoms. The largest absolute Gasteiger partial charge is 0.344 e. The number of fused-ring (bicyclic) bond motifs is 3. The fraction of sp³-hybridized carbons (Fsp3) is 0.281. The Morgan fingerprint density at radius 3 is 2.79 bits per heavy atom. The summed E-state index contributed by atoms with van der Waals surface area (Å²) in [4.78, 5) is 20.8. The van der Waals surface area contributed by atoms with Crippen LogP contribution in [0.2, 0.25) is 0 Å². The van der Waals surface area contributed by atoms with Gasteiger partial charge in [0.25, 0.3) is 0 Å². The zero-order chi connectivity index (χ0) is 25.5. The van der Waals surface area contributed by atoms with Gasteiger partial charge in [-0.1, -0.05) is 54.6 Å². The van der Waals surface area contributed by atoms with Crippen molar-refractivity contribution in [3.8, 4) is 11.4 Å². The minimum atomic E-state index is -0.174. The number of pyridine rings is 1. The highest BCUT2D eigenvalue weighted by molar-refractivity contribution is 5.89. The summed E-state index contributed by atoms with van der Waals surface area (Å²) >= 11 is 0. The lowest BCUT2D eigenvalue weighted by Crippen LogP contribution is -2.39. The van der Waals surface area contributed by atoms with Gasteiger partial charge in [0.05, 0.1) is 29.3 Å². The number of aryl methyl sites for hydroxylation is 1. The van der Waals surface area contributed by atoms with Crippen LogP contribution in [0.4, 0.5) is 0 Å². The molecule has 2 atom stereocenters.